The van der Waals surface area contributed by atoms with Gasteiger partial charge in [-0.25, -0.2) is 0 Å². The van der Waals surface area contributed by atoms with Gasteiger partial charge in [0.2, 0.25) is 0 Å². The topological polar surface area (TPSA) is 17.8 Å². The number of fused-ring (bicyclic) bond motifs is 3. The third-order valence-corrected chi connectivity index (χ3v) is 11.6. The standard InChI is InChI=1S/C49H42N2/c1-49(2,3)36-27-34-22-24-40-42(31-18-20-32(21-19-31)44-15-8-9-26-50-44)30-43(41-25-23-35(28-36)47(34)48(40)41)33-11-10-12-37(29-33)51-45-16-6-4-13-38(45)39-14-5-7-17-46(39)51/h4-5,8-15,18,20-31H,6-7,16-17,19H2,1-3H3. The van der Waals surface area contributed by atoms with Crippen molar-refractivity contribution in [2.75, 3.05) is 0 Å². The van der Waals surface area contributed by atoms with Gasteiger partial charge in [0.1, 0.15) is 0 Å². The minimum Gasteiger partial charge on any atom is -0.317 e. The lowest BCUT2D eigenvalue weighted by molar-refractivity contribution is 0.591. The molecule has 2 heterocycles. The summed E-state index contributed by atoms with van der Waals surface area (Å²) in [5.74, 6) is 0.274. The summed E-state index contributed by atoms with van der Waals surface area (Å²) in [6.45, 7) is 6.95. The van der Waals surface area contributed by atoms with Gasteiger partial charge < -0.3 is 4.57 Å². The van der Waals surface area contributed by atoms with Crippen LogP contribution in [0.1, 0.15) is 85.3 Å². The highest BCUT2D eigenvalue weighted by Crippen LogP contribution is 2.46. The largest absolute Gasteiger partial charge is 0.317 e. The van der Waals surface area contributed by atoms with Crippen molar-refractivity contribution in [1.29, 1.82) is 0 Å². The lowest BCUT2D eigenvalue weighted by Gasteiger charge is -2.25. The van der Waals surface area contributed by atoms with Crippen molar-refractivity contribution in [3.8, 4) is 16.8 Å². The van der Waals surface area contributed by atoms with E-state index in [1.165, 1.54) is 88.3 Å². The summed E-state index contributed by atoms with van der Waals surface area (Å²) < 4.78 is 2.60. The second-order valence-electron chi connectivity index (χ2n) is 15.7. The van der Waals surface area contributed by atoms with E-state index in [2.05, 4.69) is 152 Å². The molecule has 0 saturated carbocycles. The van der Waals surface area contributed by atoms with Crippen molar-refractivity contribution >= 4 is 50.0 Å². The number of pyridine rings is 1. The van der Waals surface area contributed by atoms with Gasteiger partial charge in [-0.1, -0.05) is 118 Å². The zero-order valence-electron chi connectivity index (χ0n) is 29.7. The Bertz CT molecular complexity index is 2580. The molecule has 0 spiro atoms. The predicted molar refractivity (Wildman–Crippen MR) is 217 cm³/mol. The normalized spacial score (nSPS) is 17.0. The van der Waals surface area contributed by atoms with Gasteiger partial charge in [0, 0.05) is 40.3 Å². The number of aromatic nitrogens is 2. The van der Waals surface area contributed by atoms with E-state index in [9.17, 15) is 0 Å². The first-order valence-electron chi connectivity index (χ1n) is 18.7. The molecule has 0 bridgehead atoms. The molecule has 10 rings (SSSR count). The van der Waals surface area contributed by atoms with Gasteiger partial charge >= 0.3 is 0 Å². The van der Waals surface area contributed by atoms with Gasteiger partial charge in [0.25, 0.3) is 0 Å². The van der Waals surface area contributed by atoms with E-state index >= 15 is 0 Å². The van der Waals surface area contributed by atoms with E-state index in [4.69, 9.17) is 0 Å². The first-order valence-corrected chi connectivity index (χ1v) is 18.7. The molecule has 5 aromatic carbocycles. The summed E-state index contributed by atoms with van der Waals surface area (Å²) in [7, 11) is 0. The van der Waals surface area contributed by atoms with E-state index in [0.29, 0.717) is 0 Å². The van der Waals surface area contributed by atoms with Crippen LogP contribution in [0.25, 0.3) is 66.9 Å². The first-order chi connectivity index (χ1) is 24.9. The average Bonchev–Trinajstić information content (AvgIpc) is 3.51. The minimum atomic E-state index is 0.0776. The second kappa shape index (κ2) is 11.5. The predicted octanol–water partition coefficient (Wildman–Crippen LogP) is 12.8. The quantitative estimate of drug-likeness (QED) is 0.172. The average molecular weight is 659 g/mol. The Hall–Kier alpha value is -5.47. The highest BCUT2D eigenvalue weighted by Gasteiger charge is 2.25. The summed E-state index contributed by atoms with van der Waals surface area (Å²) in [6, 6.07) is 32.4. The third kappa shape index (κ3) is 4.88. The first kappa shape index (κ1) is 30.4. The number of hydrogen-bond donors (Lipinski definition) is 0. The van der Waals surface area contributed by atoms with Crippen LogP contribution in [0.5, 0.6) is 0 Å². The summed E-state index contributed by atoms with van der Waals surface area (Å²) >= 11 is 0. The molecule has 0 N–H and O–H groups in total. The van der Waals surface area contributed by atoms with Gasteiger partial charge in [-0.15, -0.1) is 0 Å². The second-order valence-corrected chi connectivity index (χ2v) is 15.7. The van der Waals surface area contributed by atoms with Crippen molar-refractivity contribution in [1.82, 2.24) is 9.55 Å². The molecule has 3 aliphatic carbocycles. The summed E-state index contributed by atoms with van der Waals surface area (Å²) in [4.78, 5) is 4.64. The van der Waals surface area contributed by atoms with Crippen molar-refractivity contribution in [2.24, 2.45) is 0 Å². The fourth-order valence-electron chi connectivity index (χ4n) is 9.04. The third-order valence-electron chi connectivity index (χ3n) is 11.6. The lowest BCUT2D eigenvalue weighted by Crippen LogP contribution is -2.11. The molecular formula is C49H42N2. The molecule has 0 radical (unpaired) electrons. The number of benzene rings is 5. The van der Waals surface area contributed by atoms with E-state index in [1.807, 2.05) is 12.3 Å². The Balaban J connectivity index is 1.19. The number of rotatable bonds is 4. The fraction of sp³-hybridized carbons (Fsp3) is 0.204. The van der Waals surface area contributed by atoms with Crippen molar-refractivity contribution in [3.05, 3.63) is 161 Å². The van der Waals surface area contributed by atoms with E-state index in [1.54, 1.807) is 0 Å². The lowest BCUT2D eigenvalue weighted by atomic mass is 9.79. The molecular weight excluding hydrogens is 617 g/mol. The molecule has 1 unspecified atom stereocenters. The Labute approximate surface area is 300 Å². The molecule has 51 heavy (non-hydrogen) atoms. The minimum absolute atomic E-state index is 0.0776. The Kier molecular flexibility index (Phi) is 6.87. The Morgan fingerprint density at radius 1 is 0.706 bits per heavy atom. The maximum atomic E-state index is 4.64. The fourth-order valence-corrected chi connectivity index (χ4v) is 9.04. The van der Waals surface area contributed by atoms with Crippen LogP contribution in [0.3, 0.4) is 0 Å². The highest BCUT2D eigenvalue weighted by molar-refractivity contribution is 6.26. The molecule has 7 aromatic rings. The number of nitrogens with zero attached hydrogens (tertiary/aromatic N) is 2. The molecule has 248 valence electrons. The zero-order valence-corrected chi connectivity index (χ0v) is 29.7. The van der Waals surface area contributed by atoms with Crippen LogP contribution < -0.4 is 0 Å². The van der Waals surface area contributed by atoms with Crippen LogP contribution in [-0.4, -0.2) is 9.55 Å². The van der Waals surface area contributed by atoms with Crippen LogP contribution in [0.4, 0.5) is 0 Å². The van der Waals surface area contributed by atoms with Crippen molar-refractivity contribution in [2.45, 2.75) is 64.2 Å². The van der Waals surface area contributed by atoms with E-state index in [-0.39, 0.29) is 11.3 Å². The van der Waals surface area contributed by atoms with Crippen LogP contribution in [0, 0.1) is 0 Å². The molecule has 0 amide bonds. The van der Waals surface area contributed by atoms with Gasteiger partial charge in [0.05, 0.1) is 5.69 Å². The summed E-state index contributed by atoms with van der Waals surface area (Å²) in [5.41, 5.74) is 14.7. The van der Waals surface area contributed by atoms with Crippen LogP contribution in [0.15, 0.2) is 122 Å². The highest BCUT2D eigenvalue weighted by atomic mass is 15.0. The molecule has 2 heteroatoms. The molecule has 0 fully saturated rings. The Morgan fingerprint density at radius 3 is 2.12 bits per heavy atom. The molecule has 2 aromatic heterocycles. The van der Waals surface area contributed by atoms with Gasteiger partial charge in [-0.3, -0.25) is 4.98 Å². The van der Waals surface area contributed by atoms with E-state index in [0.717, 1.165) is 37.8 Å². The zero-order chi connectivity index (χ0) is 34.3. The monoisotopic (exact) mass is 658 g/mol. The number of allylic oxidation sites excluding steroid dienone is 6. The van der Waals surface area contributed by atoms with Gasteiger partial charge in [-0.05, 0) is 128 Å². The van der Waals surface area contributed by atoms with Gasteiger partial charge in [-0.2, -0.15) is 0 Å². The smallest absolute Gasteiger partial charge is 0.0698 e. The Morgan fingerprint density at radius 2 is 1.45 bits per heavy atom. The molecule has 0 saturated heterocycles. The van der Waals surface area contributed by atoms with E-state index < -0.39 is 0 Å². The van der Waals surface area contributed by atoms with Crippen molar-refractivity contribution < 1.29 is 0 Å². The maximum Gasteiger partial charge on any atom is 0.0698 e. The molecule has 0 aliphatic heterocycles. The summed E-state index contributed by atoms with van der Waals surface area (Å²) in [5, 5.41) is 8.13. The van der Waals surface area contributed by atoms with Crippen LogP contribution >= 0.6 is 0 Å². The maximum absolute atomic E-state index is 4.64. The van der Waals surface area contributed by atoms with Crippen molar-refractivity contribution in [3.63, 3.8) is 0 Å². The number of hydrogen-bond acceptors (Lipinski definition) is 1. The SMILES string of the molecule is CC(C)(C)c1cc2ccc3c(-c4cccc(-n5c6c(c7c5CCC=C7)C=CCC6)c4)cc(C4C=CC(c5ccccn5)=CC4)c4ccc(c1)c2c34. The molecule has 1 atom stereocenters. The van der Waals surface area contributed by atoms with Gasteiger partial charge in [0.15, 0.2) is 0 Å². The molecule has 2 nitrogen and oxygen atoms in total. The molecule has 3 aliphatic rings. The summed E-state index contributed by atoms with van der Waals surface area (Å²) in [6.07, 6.45) is 23.7. The van der Waals surface area contributed by atoms with Crippen LogP contribution in [-0.2, 0) is 18.3 Å². The van der Waals surface area contributed by atoms with Crippen LogP contribution in [0.2, 0.25) is 0 Å².